The van der Waals surface area contributed by atoms with E-state index >= 15 is 0 Å². The summed E-state index contributed by atoms with van der Waals surface area (Å²) < 4.78 is 21.4. The molecule has 4 rings (SSSR count). The van der Waals surface area contributed by atoms with E-state index in [9.17, 15) is 18.8 Å². The Bertz CT molecular complexity index is 1120. The van der Waals surface area contributed by atoms with Crippen LogP contribution in [0.25, 0.3) is 5.69 Å². The van der Waals surface area contributed by atoms with Gasteiger partial charge in [0.15, 0.2) is 0 Å². The predicted octanol–water partition coefficient (Wildman–Crippen LogP) is 2.88. The molecule has 1 aromatic carbocycles. The number of halogens is 2. The molecule has 10 nitrogen and oxygen atoms in total. The van der Waals surface area contributed by atoms with Gasteiger partial charge in [-0.05, 0) is 57.4 Å². The summed E-state index contributed by atoms with van der Waals surface area (Å²) in [4.78, 5) is 45.8. The number of ether oxygens (including phenoxy) is 1. The summed E-state index contributed by atoms with van der Waals surface area (Å²) in [5, 5.41) is 7.41. The van der Waals surface area contributed by atoms with Crippen LogP contribution in [0.5, 0.6) is 0 Å². The molecule has 2 aliphatic rings. The molecule has 1 aromatic heterocycles. The van der Waals surface area contributed by atoms with Crippen molar-refractivity contribution in [2.45, 2.75) is 70.4 Å². The Labute approximate surface area is 213 Å². The molecule has 3 atom stereocenters. The van der Waals surface area contributed by atoms with Gasteiger partial charge >= 0.3 is 6.09 Å². The van der Waals surface area contributed by atoms with E-state index in [0.717, 1.165) is 0 Å². The zero-order chi connectivity index (χ0) is 26.0. The number of benzene rings is 1. The molecule has 36 heavy (non-hydrogen) atoms. The Morgan fingerprint density at radius 1 is 1.22 bits per heavy atom. The Hall–Kier alpha value is -3.21. The molecule has 1 N–H and O–H groups in total. The van der Waals surface area contributed by atoms with Gasteiger partial charge < -0.3 is 15.0 Å². The van der Waals surface area contributed by atoms with Crippen LogP contribution in [-0.4, -0.2) is 79.4 Å². The highest BCUT2D eigenvalue weighted by Gasteiger charge is 2.45. The normalized spacial score (nSPS) is 22.1. The van der Waals surface area contributed by atoms with Crippen molar-refractivity contribution >= 4 is 29.5 Å². The van der Waals surface area contributed by atoms with Crippen LogP contribution >= 0.6 is 11.6 Å². The number of nitrogens with zero attached hydrogens (tertiary/aromatic N) is 5. The van der Waals surface area contributed by atoms with Gasteiger partial charge in [0.05, 0.1) is 12.2 Å². The zero-order valence-electron chi connectivity index (χ0n) is 20.5. The van der Waals surface area contributed by atoms with Gasteiger partial charge in [0.25, 0.3) is 0 Å². The maximum atomic E-state index is 14.5. The molecule has 2 fully saturated rings. The monoisotopic (exact) mass is 520 g/mol. The maximum Gasteiger partial charge on any atom is 0.410 e. The van der Waals surface area contributed by atoms with Crippen molar-refractivity contribution in [3.05, 3.63) is 41.4 Å². The van der Waals surface area contributed by atoms with Gasteiger partial charge in [-0.1, -0.05) is 11.6 Å². The number of carbonyl (C=O) groups is 3. The van der Waals surface area contributed by atoms with Crippen LogP contribution in [0.3, 0.4) is 0 Å². The Morgan fingerprint density at radius 2 is 2.00 bits per heavy atom. The van der Waals surface area contributed by atoms with Crippen molar-refractivity contribution in [1.29, 1.82) is 0 Å². The van der Waals surface area contributed by atoms with Crippen molar-refractivity contribution < 1.29 is 23.5 Å². The molecule has 194 valence electrons. The van der Waals surface area contributed by atoms with Gasteiger partial charge in [0, 0.05) is 24.5 Å². The lowest BCUT2D eigenvalue weighted by molar-refractivity contribution is -0.141. The number of likely N-dealkylation sites (tertiary alicyclic amines) is 2. The number of carbonyl (C=O) groups excluding carboxylic acids is 3. The van der Waals surface area contributed by atoms with Gasteiger partial charge in [0.2, 0.25) is 11.8 Å². The van der Waals surface area contributed by atoms with Crippen molar-refractivity contribution in [3.63, 3.8) is 0 Å². The molecule has 3 heterocycles. The standard InChI is InChI=1S/C24H30ClFN6O4/c1-24(2,3)36-23(35)30-8-4-5-19(30)22(34)31-12-17(26)10-20(31)21(33)28-11-15-9-16(25)6-7-18(15)32-14-27-13-29-32/h6-7,9,13-14,17,19-20H,4-5,8,10-12H2,1-3H3,(H,28,33)/t17-,19-,20+/m1/s1. The molecule has 0 bridgehead atoms. The molecular formula is C24H30ClFN6O4. The number of nitrogens with one attached hydrogen (secondary N) is 1. The first-order chi connectivity index (χ1) is 17.0. The molecule has 0 aliphatic carbocycles. The average molecular weight is 521 g/mol. The van der Waals surface area contributed by atoms with E-state index in [0.29, 0.717) is 35.7 Å². The summed E-state index contributed by atoms with van der Waals surface area (Å²) in [5.41, 5.74) is 0.651. The largest absolute Gasteiger partial charge is 0.444 e. The number of amides is 3. The first kappa shape index (κ1) is 25.9. The van der Waals surface area contributed by atoms with E-state index in [1.54, 1.807) is 43.7 Å². The third-order valence-electron chi connectivity index (χ3n) is 6.16. The Kier molecular flexibility index (Phi) is 7.49. The van der Waals surface area contributed by atoms with Gasteiger partial charge in [-0.3, -0.25) is 14.5 Å². The summed E-state index contributed by atoms with van der Waals surface area (Å²) in [6.45, 7) is 5.52. The second kappa shape index (κ2) is 10.4. The van der Waals surface area contributed by atoms with Crippen LogP contribution < -0.4 is 5.32 Å². The number of alkyl halides is 1. The molecule has 3 amide bonds. The van der Waals surface area contributed by atoms with E-state index in [1.165, 1.54) is 22.5 Å². The lowest BCUT2D eigenvalue weighted by atomic mass is 10.1. The molecule has 2 saturated heterocycles. The highest BCUT2D eigenvalue weighted by Crippen LogP contribution is 2.28. The third-order valence-corrected chi connectivity index (χ3v) is 6.40. The van der Waals surface area contributed by atoms with E-state index in [-0.39, 0.29) is 19.5 Å². The smallest absolute Gasteiger partial charge is 0.410 e. The number of hydrogen-bond acceptors (Lipinski definition) is 6. The molecular weight excluding hydrogens is 491 g/mol. The van der Waals surface area contributed by atoms with Crippen LogP contribution in [0.15, 0.2) is 30.9 Å². The fraction of sp³-hybridized carbons (Fsp3) is 0.542. The second-order valence-electron chi connectivity index (χ2n) is 10.0. The highest BCUT2D eigenvalue weighted by molar-refractivity contribution is 6.30. The third kappa shape index (κ3) is 5.77. The van der Waals surface area contributed by atoms with Gasteiger partial charge in [-0.2, -0.15) is 5.10 Å². The highest BCUT2D eigenvalue weighted by atomic mass is 35.5. The minimum absolute atomic E-state index is 0.0948. The summed E-state index contributed by atoms with van der Waals surface area (Å²) in [5.74, 6) is -0.917. The zero-order valence-corrected chi connectivity index (χ0v) is 21.2. The quantitative estimate of drug-likeness (QED) is 0.649. The van der Waals surface area contributed by atoms with Crippen molar-refractivity contribution in [2.75, 3.05) is 13.1 Å². The van der Waals surface area contributed by atoms with Crippen molar-refractivity contribution in [2.24, 2.45) is 0 Å². The predicted molar refractivity (Wildman–Crippen MR) is 129 cm³/mol. The summed E-state index contributed by atoms with van der Waals surface area (Å²) in [7, 11) is 0. The molecule has 0 saturated carbocycles. The number of rotatable bonds is 5. The molecule has 12 heteroatoms. The summed E-state index contributed by atoms with van der Waals surface area (Å²) in [6.07, 6.45) is 1.95. The van der Waals surface area contributed by atoms with Crippen molar-refractivity contribution in [3.8, 4) is 5.69 Å². The maximum absolute atomic E-state index is 14.5. The van der Waals surface area contributed by atoms with E-state index in [2.05, 4.69) is 15.4 Å². The molecule has 0 unspecified atom stereocenters. The fourth-order valence-electron chi connectivity index (χ4n) is 4.58. The average Bonchev–Trinajstić information content (AvgIpc) is 3.56. The van der Waals surface area contributed by atoms with Crippen molar-refractivity contribution in [1.82, 2.24) is 29.9 Å². The minimum atomic E-state index is -1.34. The summed E-state index contributed by atoms with van der Waals surface area (Å²) in [6, 6.07) is 3.39. The summed E-state index contributed by atoms with van der Waals surface area (Å²) >= 11 is 6.15. The van der Waals surface area contributed by atoms with Gasteiger partial charge in [-0.15, -0.1) is 0 Å². The number of hydrogen-bond donors (Lipinski definition) is 1. The SMILES string of the molecule is CC(C)(C)OC(=O)N1CCC[C@@H]1C(=O)N1C[C@H](F)C[C@H]1C(=O)NCc1cc(Cl)ccc1-n1cncn1. The van der Waals surface area contributed by atoms with Gasteiger partial charge in [-0.25, -0.2) is 18.9 Å². The fourth-order valence-corrected chi connectivity index (χ4v) is 4.78. The van der Waals surface area contributed by atoms with Crippen LogP contribution in [0.1, 0.15) is 45.6 Å². The van der Waals surface area contributed by atoms with E-state index in [4.69, 9.17) is 16.3 Å². The molecule has 0 spiro atoms. The van der Waals surface area contributed by atoms with E-state index < -0.39 is 41.8 Å². The first-order valence-electron chi connectivity index (χ1n) is 11.9. The number of aromatic nitrogens is 3. The molecule has 2 aliphatic heterocycles. The minimum Gasteiger partial charge on any atom is -0.444 e. The lowest BCUT2D eigenvalue weighted by Crippen LogP contribution is -2.53. The first-order valence-corrected chi connectivity index (χ1v) is 12.3. The lowest BCUT2D eigenvalue weighted by Gasteiger charge is -2.32. The molecule has 0 radical (unpaired) electrons. The van der Waals surface area contributed by atoms with Crippen LogP contribution in [0.4, 0.5) is 9.18 Å². The second-order valence-corrected chi connectivity index (χ2v) is 10.4. The van der Waals surface area contributed by atoms with E-state index in [1.807, 2.05) is 0 Å². The van der Waals surface area contributed by atoms with Gasteiger partial charge in [0.1, 0.15) is 36.5 Å². The topological polar surface area (TPSA) is 110 Å². The Morgan fingerprint density at radius 3 is 2.69 bits per heavy atom. The molecule has 2 aromatic rings. The van der Waals surface area contributed by atoms with Crippen LogP contribution in [-0.2, 0) is 20.9 Å². The Balaban J connectivity index is 1.46. The van der Waals surface area contributed by atoms with Crippen LogP contribution in [0, 0.1) is 0 Å². The van der Waals surface area contributed by atoms with Crippen LogP contribution in [0.2, 0.25) is 5.02 Å².